The summed E-state index contributed by atoms with van der Waals surface area (Å²) >= 11 is 1.64. The Labute approximate surface area is 191 Å². The van der Waals surface area contributed by atoms with Gasteiger partial charge in [0.2, 0.25) is 0 Å². The minimum absolute atomic E-state index is 0.0793. The van der Waals surface area contributed by atoms with Gasteiger partial charge in [0, 0.05) is 42.2 Å². The van der Waals surface area contributed by atoms with E-state index in [2.05, 4.69) is 40.6 Å². The molecule has 0 saturated carbocycles. The summed E-state index contributed by atoms with van der Waals surface area (Å²) in [6, 6.07) is 16.7. The van der Waals surface area contributed by atoms with Gasteiger partial charge in [-0.2, -0.15) is 0 Å². The quantitative estimate of drug-likeness (QED) is 0.472. The fourth-order valence-electron chi connectivity index (χ4n) is 4.36. The Morgan fingerprint density at radius 2 is 1.97 bits per heavy atom. The fraction of sp³-hybridized carbons (Fsp3) is 0.360. The lowest BCUT2D eigenvalue weighted by atomic mass is 10.00. The number of H-pyrrole nitrogens is 1. The monoisotopic (exact) mass is 449 g/mol. The maximum Gasteiger partial charge on any atom is 0.305 e. The van der Waals surface area contributed by atoms with E-state index in [1.54, 1.807) is 11.8 Å². The molecule has 3 heterocycles. The van der Waals surface area contributed by atoms with Gasteiger partial charge in [-0.15, -0.1) is 11.8 Å². The molecule has 0 bridgehead atoms. The van der Waals surface area contributed by atoms with Crippen LogP contribution in [0.1, 0.15) is 24.8 Å². The van der Waals surface area contributed by atoms with Crippen LogP contribution in [0, 0.1) is 5.92 Å². The number of carboxylic acids is 1. The molecule has 32 heavy (non-hydrogen) atoms. The second-order valence-corrected chi connectivity index (χ2v) is 9.48. The number of thioether (sulfide) groups is 1. The van der Waals surface area contributed by atoms with Crippen LogP contribution in [-0.2, 0) is 9.53 Å². The van der Waals surface area contributed by atoms with Gasteiger partial charge in [0.1, 0.15) is 0 Å². The summed E-state index contributed by atoms with van der Waals surface area (Å²) in [5, 5.41) is 14.9. The lowest BCUT2D eigenvalue weighted by Gasteiger charge is -2.23. The molecular weight excluding hydrogens is 422 g/mol. The predicted octanol–water partition coefficient (Wildman–Crippen LogP) is 5.01. The molecule has 3 N–H and O–H groups in total. The van der Waals surface area contributed by atoms with Crippen molar-refractivity contribution in [1.82, 2.24) is 4.98 Å². The minimum Gasteiger partial charge on any atom is -0.481 e. The van der Waals surface area contributed by atoms with Crippen LogP contribution >= 0.6 is 11.8 Å². The standard InChI is InChI=1S/C25H27N3O3S/c29-23(30)13-20-15-32-25(27-20)19-10-18-11-21(17-4-2-1-3-5-17)28-24(18)22(12-19)26-14-16-6-8-31-9-7-16/h1-5,10-12,16,20,26,28H,6-9,13-15H2,(H,29,30)/t20-/m0/s1. The molecule has 1 fully saturated rings. The van der Waals surface area contributed by atoms with Crippen molar-refractivity contribution in [2.24, 2.45) is 10.9 Å². The van der Waals surface area contributed by atoms with Gasteiger partial charge >= 0.3 is 5.97 Å². The van der Waals surface area contributed by atoms with E-state index < -0.39 is 5.97 Å². The maximum absolute atomic E-state index is 11.1. The number of benzene rings is 2. The summed E-state index contributed by atoms with van der Waals surface area (Å²) in [4.78, 5) is 19.4. The lowest BCUT2D eigenvalue weighted by Crippen LogP contribution is -2.22. The van der Waals surface area contributed by atoms with Gasteiger partial charge in [0.25, 0.3) is 0 Å². The lowest BCUT2D eigenvalue weighted by molar-refractivity contribution is -0.137. The first-order chi connectivity index (χ1) is 15.7. The van der Waals surface area contributed by atoms with E-state index in [1.165, 1.54) is 0 Å². The minimum atomic E-state index is -0.798. The van der Waals surface area contributed by atoms with Gasteiger partial charge in [0.15, 0.2) is 0 Å². The summed E-state index contributed by atoms with van der Waals surface area (Å²) in [6.45, 7) is 2.57. The molecule has 1 saturated heterocycles. The van der Waals surface area contributed by atoms with Crippen LogP contribution in [0.2, 0.25) is 0 Å². The summed E-state index contributed by atoms with van der Waals surface area (Å²) in [7, 11) is 0. The molecule has 0 unspecified atom stereocenters. The van der Waals surface area contributed by atoms with Crippen LogP contribution in [0.3, 0.4) is 0 Å². The third-order valence-corrected chi connectivity index (χ3v) is 7.27. The number of carboxylic acid groups (broad SMARTS) is 1. The van der Waals surface area contributed by atoms with Crippen molar-refractivity contribution in [2.45, 2.75) is 25.3 Å². The van der Waals surface area contributed by atoms with Gasteiger partial charge in [-0.05, 0) is 42.5 Å². The van der Waals surface area contributed by atoms with Crippen LogP contribution in [0.25, 0.3) is 22.2 Å². The zero-order chi connectivity index (χ0) is 21.9. The smallest absolute Gasteiger partial charge is 0.305 e. The third kappa shape index (κ3) is 4.69. The maximum atomic E-state index is 11.1. The fourth-order valence-corrected chi connectivity index (χ4v) is 5.42. The zero-order valence-corrected chi connectivity index (χ0v) is 18.7. The molecule has 7 heteroatoms. The molecule has 0 amide bonds. The van der Waals surface area contributed by atoms with E-state index in [9.17, 15) is 4.79 Å². The summed E-state index contributed by atoms with van der Waals surface area (Å²) < 4.78 is 5.50. The number of ether oxygens (including phenoxy) is 1. The molecule has 0 aliphatic carbocycles. The van der Waals surface area contributed by atoms with Crippen molar-refractivity contribution in [3.05, 3.63) is 54.1 Å². The molecule has 1 aromatic heterocycles. The average Bonchev–Trinajstić information content (AvgIpc) is 3.45. The van der Waals surface area contributed by atoms with E-state index >= 15 is 0 Å². The SMILES string of the molecule is O=C(O)C[C@H]1CSC(c2cc(NCC3CCOCC3)c3[nH]c(-c4ccccc4)cc3c2)=N1. The first kappa shape index (κ1) is 21.1. The van der Waals surface area contributed by atoms with Gasteiger partial charge in [-0.3, -0.25) is 9.79 Å². The number of fused-ring (bicyclic) bond motifs is 1. The first-order valence-electron chi connectivity index (χ1n) is 11.1. The summed E-state index contributed by atoms with van der Waals surface area (Å²) in [6.07, 6.45) is 2.24. The number of hydrogen-bond acceptors (Lipinski definition) is 5. The predicted molar refractivity (Wildman–Crippen MR) is 131 cm³/mol. The average molecular weight is 450 g/mol. The highest BCUT2D eigenvalue weighted by Gasteiger charge is 2.23. The van der Waals surface area contributed by atoms with Gasteiger partial charge in [0.05, 0.1) is 28.7 Å². The van der Waals surface area contributed by atoms with E-state index in [0.29, 0.717) is 11.7 Å². The Morgan fingerprint density at radius 3 is 2.75 bits per heavy atom. The molecule has 2 aliphatic rings. The van der Waals surface area contributed by atoms with Crippen molar-refractivity contribution in [3.8, 4) is 11.3 Å². The molecular formula is C25H27N3O3S. The van der Waals surface area contributed by atoms with Crippen LogP contribution in [0.5, 0.6) is 0 Å². The Balaban J connectivity index is 1.49. The Morgan fingerprint density at radius 1 is 1.16 bits per heavy atom. The number of aliphatic imine (C=N–C) groups is 1. The highest BCUT2D eigenvalue weighted by molar-refractivity contribution is 8.14. The van der Waals surface area contributed by atoms with Gasteiger partial charge in [-0.1, -0.05) is 30.3 Å². The van der Waals surface area contributed by atoms with E-state index in [4.69, 9.17) is 14.8 Å². The number of aromatic amines is 1. The molecule has 166 valence electrons. The normalized spacial score (nSPS) is 19.2. The number of nitrogens with one attached hydrogen (secondary N) is 2. The highest BCUT2D eigenvalue weighted by atomic mass is 32.2. The number of aromatic nitrogens is 1. The number of carbonyl (C=O) groups is 1. The van der Waals surface area contributed by atoms with Gasteiger partial charge in [-0.25, -0.2) is 0 Å². The highest BCUT2D eigenvalue weighted by Crippen LogP contribution is 2.34. The van der Waals surface area contributed by atoms with Crippen molar-refractivity contribution in [3.63, 3.8) is 0 Å². The van der Waals surface area contributed by atoms with Crippen molar-refractivity contribution in [2.75, 3.05) is 30.8 Å². The van der Waals surface area contributed by atoms with E-state index in [0.717, 1.165) is 71.1 Å². The summed E-state index contributed by atoms with van der Waals surface area (Å²) in [5.74, 6) is 0.518. The van der Waals surface area contributed by atoms with Crippen LogP contribution in [-0.4, -0.2) is 52.7 Å². The number of aliphatic carboxylic acids is 1. The number of hydrogen-bond donors (Lipinski definition) is 3. The number of nitrogens with zero attached hydrogens (tertiary/aromatic N) is 1. The second kappa shape index (κ2) is 9.38. The van der Waals surface area contributed by atoms with Crippen LogP contribution < -0.4 is 5.32 Å². The van der Waals surface area contributed by atoms with Crippen LogP contribution in [0.15, 0.2) is 53.5 Å². The Bertz CT molecular complexity index is 1140. The zero-order valence-electron chi connectivity index (χ0n) is 17.8. The van der Waals surface area contributed by atoms with Crippen molar-refractivity contribution in [1.29, 1.82) is 0 Å². The van der Waals surface area contributed by atoms with E-state index in [-0.39, 0.29) is 12.5 Å². The van der Waals surface area contributed by atoms with E-state index in [1.807, 2.05) is 18.2 Å². The Hall–Kier alpha value is -2.77. The molecule has 1 atom stereocenters. The molecule has 0 spiro atoms. The Kier molecular flexibility index (Phi) is 6.19. The summed E-state index contributed by atoms with van der Waals surface area (Å²) in [5.41, 5.74) is 5.43. The largest absolute Gasteiger partial charge is 0.481 e. The second-order valence-electron chi connectivity index (χ2n) is 8.47. The van der Waals surface area contributed by atoms with Crippen molar-refractivity contribution < 1.29 is 14.6 Å². The van der Waals surface area contributed by atoms with Crippen LogP contribution in [0.4, 0.5) is 5.69 Å². The molecule has 2 aromatic carbocycles. The molecule has 0 radical (unpaired) electrons. The van der Waals surface area contributed by atoms with Gasteiger partial charge < -0.3 is 20.1 Å². The van der Waals surface area contributed by atoms with Crippen molar-refractivity contribution >= 4 is 39.4 Å². The molecule has 6 nitrogen and oxygen atoms in total. The number of anilines is 1. The molecule has 5 rings (SSSR count). The third-order valence-electron chi connectivity index (χ3n) is 6.10. The number of rotatable bonds is 7. The molecule has 2 aliphatic heterocycles. The molecule has 3 aromatic rings. The topological polar surface area (TPSA) is 86.7 Å². The first-order valence-corrected chi connectivity index (χ1v) is 12.1.